The van der Waals surface area contributed by atoms with Crippen molar-refractivity contribution < 1.29 is 42.0 Å². The second kappa shape index (κ2) is 12.1. The molecular weight excluding hydrogens is 631 g/mol. The molecule has 1 aliphatic rings. The fraction of sp³-hybridized carbons (Fsp3) is 0.172. The average Bonchev–Trinajstić information content (AvgIpc) is 3.48. The molecule has 0 unspecified atom stereocenters. The van der Waals surface area contributed by atoms with Gasteiger partial charge in [-0.25, -0.2) is 13.3 Å². The first-order valence-corrected chi connectivity index (χ1v) is 15.8. The Balaban J connectivity index is 1.12. The largest absolute Gasteiger partial charge is 0.469 e. The van der Waals surface area contributed by atoms with Crippen LogP contribution >= 0.6 is 19.2 Å². The molecule has 0 spiro atoms. The summed E-state index contributed by atoms with van der Waals surface area (Å²) in [5.74, 6) is -2.03. The molecule has 0 saturated heterocycles. The number of aromatic nitrogens is 3. The lowest BCUT2D eigenvalue weighted by Gasteiger charge is -2.16. The number of phosphoric acid groups is 1. The van der Waals surface area contributed by atoms with Gasteiger partial charge in [-0.15, -0.1) is 11.3 Å². The lowest BCUT2D eigenvalue weighted by atomic mass is 10.0. The van der Waals surface area contributed by atoms with Crippen molar-refractivity contribution in [2.24, 2.45) is 5.41 Å². The minimum absolute atomic E-state index is 0.0940. The Morgan fingerprint density at radius 1 is 1.00 bits per heavy atom. The van der Waals surface area contributed by atoms with Crippen LogP contribution in [0.15, 0.2) is 73.2 Å². The van der Waals surface area contributed by atoms with Gasteiger partial charge in [0.1, 0.15) is 17.0 Å². The standard InChI is InChI=1S/C29H24F2N5O7PS/c30-18-1-3-19(4-2-18)34-27(37)29(8-9-29)28(38)35-20-5-6-23(21(31)13-20)43-24-7-10-32-22-14-25(45-26(22)24)17-15-33-36(16-17)11-12-42-44(39,40)41/h1-7,10,13-16H,8-9,11-12H2,(H,34,37)(H,35,38)(H2,39,40,41). The molecule has 0 aliphatic heterocycles. The van der Waals surface area contributed by atoms with E-state index in [2.05, 4.69) is 25.2 Å². The number of halogens is 2. The molecule has 45 heavy (non-hydrogen) atoms. The Morgan fingerprint density at radius 3 is 2.40 bits per heavy atom. The topological polar surface area (TPSA) is 165 Å². The van der Waals surface area contributed by atoms with Gasteiger partial charge in [0.15, 0.2) is 11.6 Å². The zero-order valence-corrected chi connectivity index (χ0v) is 24.9. The van der Waals surface area contributed by atoms with Crippen LogP contribution in [0.2, 0.25) is 0 Å². The van der Waals surface area contributed by atoms with E-state index in [1.807, 2.05) is 6.07 Å². The maximum absolute atomic E-state index is 15.2. The summed E-state index contributed by atoms with van der Waals surface area (Å²) >= 11 is 1.34. The van der Waals surface area contributed by atoms with E-state index < -0.39 is 36.7 Å². The fourth-order valence-electron chi connectivity index (χ4n) is 4.50. The molecule has 0 bridgehead atoms. The summed E-state index contributed by atoms with van der Waals surface area (Å²) in [6.07, 6.45) is 5.45. The zero-order chi connectivity index (χ0) is 31.8. The lowest BCUT2D eigenvalue weighted by molar-refractivity contribution is -0.131. The smallest absolute Gasteiger partial charge is 0.453 e. The molecule has 6 rings (SSSR count). The molecular formula is C29H24F2N5O7PS. The van der Waals surface area contributed by atoms with Gasteiger partial charge in [0.25, 0.3) is 0 Å². The maximum Gasteiger partial charge on any atom is 0.469 e. The second-order valence-electron chi connectivity index (χ2n) is 10.2. The molecule has 232 valence electrons. The zero-order valence-electron chi connectivity index (χ0n) is 23.1. The first kappa shape index (κ1) is 30.5. The van der Waals surface area contributed by atoms with Gasteiger partial charge in [-0.05, 0) is 55.3 Å². The molecule has 3 aromatic heterocycles. The normalized spacial score (nSPS) is 13.9. The van der Waals surface area contributed by atoms with E-state index in [0.29, 0.717) is 34.5 Å². The number of benzene rings is 2. The Morgan fingerprint density at radius 2 is 1.71 bits per heavy atom. The first-order chi connectivity index (χ1) is 21.5. The molecule has 3 heterocycles. The minimum Gasteiger partial charge on any atom is -0.453 e. The van der Waals surface area contributed by atoms with Crippen LogP contribution in [-0.2, 0) is 25.2 Å². The van der Waals surface area contributed by atoms with Crippen LogP contribution in [0.3, 0.4) is 0 Å². The Labute approximate surface area is 257 Å². The molecule has 1 aliphatic carbocycles. The van der Waals surface area contributed by atoms with Gasteiger partial charge in [-0.2, -0.15) is 5.10 Å². The highest BCUT2D eigenvalue weighted by atomic mass is 32.1. The molecule has 16 heteroatoms. The van der Waals surface area contributed by atoms with Crippen LogP contribution in [-0.4, -0.2) is 43.0 Å². The predicted molar refractivity (Wildman–Crippen MR) is 161 cm³/mol. The van der Waals surface area contributed by atoms with Crippen LogP contribution < -0.4 is 15.4 Å². The monoisotopic (exact) mass is 655 g/mol. The number of anilines is 2. The number of hydrogen-bond acceptors (Lipinski definition) is 8. The van der Waals surface area contributed by atoms with Crippen molar-refractivity contribution in [1.29, 1.82) is 0 Å². The summed E-state index contributed by atoms with van der Waals surface area (Å²) in [6, 6.07) is 12.5. The van der Waals surface area contributed by atoms with Gasteiger partial charge in [-0.3, -0.25) is 23.8 Å². The van der Waals surface area contributed by atoms with E-state index >= 15 is 4.39 Å². The van der Waals surface area contributed by atoms with Crippen LogP contribution in [0, 0.1) is 17.0 Å². The number of amides is 2. The van der Waals surface area contributed by atoms with Gasteiger partial charge >= 0.3 is 7.82 Å². The van der Waals surface area contributed by atoms with E-state index in [0.717, 1.165) is 16.5 Å². The highest BCUT2D eigenvalue weighted by molar-refractivity contribution is 7.46. The molecule has 12 nitrogen and oxygen atoms in total. The number of carbonyl (C=O) groups is 2. The van der Waals surface area contributed by atoms with E-state index in [1.54, 1.807) is 18.5 Å². The van der Waals surface area contributed by atoms with Gasteiger partial charge in [-0.1, -0.05) is 0 Å². The van der Waals surface area contributed by atoms with Crippen molar-refractivity contribution in [2.45, 2.75) is 19.4 Å². The van der Waals surface area contributed by atoms with Gasteiger partial charge in [0.05, 0.1) is 29.6 Å². The number of ether oxygens (including phenoxy) is 1. The van der Waals surface area contributed by atoms with Gasteiger partial charge < -0.3 is 25.2 Å². The van der Waals surface area contributed by atoms with Crippen molar-refractivity contribution in [3.8, 4) is 21.9 Å². The van der Waals surface area contributed by atoms with Crippen LogP contribution in [0.25, 0.3) is 20.7 Å². The summed E-state index contributed by atoms with van der Waals surface area (Å²) in [6.45, 7) is -0.0956. The highest BCUT2D eigenvalue weighted by Crippen LogP contribution is 2.48. The number of nitrogens with zero attached hydrogens (tertiary/aromatic N) is 3. The van der Waals surface area contributed by atoms with Crippen molar-refractivity contribution in [3.05, 3.63) is 84.8 Å². The molecule has 0 radical (unpaired) electrons. The van der Waals surface area contributed by atoms with Gasteiger partial charge in [0.2, 0.25) is 11.8 Å². The SMILES string of the molecule is O=C(Nc1ccc(F)cc1)C1(C(=O)Nc2ccc(Oc3ccnc4cc(-c5cnn(CCOP(=O)(O)O)c5)sc34)c(F)c2)CC1. The minimum atomic E-state index is -4.57. The Hall–Kier alpha value is -4.53. The highest BCUT2D eigenvalue weighted by Gasteiger charge is 2.56. The molecule has 2 aromatic carbocycles. The van der Waals surface area contributed by atoms with Crippen molar-refractivity contribution in [1.82, 2.24) is 14.8 Å². The fourth-order valence-corrected chi connectivity index (χ4v) is 5.86. The summed E-state index contributed by atoms with van der Waals surface area (Å²) < 4.78 is 51.7. The lowest BCUT2D eigenvalue weighted by Crippen LogP contribution is -2.35. The molecule has 4 N–H and O–H groups in total. The number of hydrogen-bond donors (Lipinski definition) is 4. The first-order valence-electron chi connectivity index (χ1n) is 13.5. The van der Waals surface area contributed by atoms with E-state index in [9.17, 15) is 18.5 Å². The van der Waals surface area contributed by atoms with Gasteiger partial charge in [0, 0.05) is 46.3 Å². The summed E-state index contributed by atoms with van der Waals surface area (Å²) in [5, 5.41) is 9.42. The maximum atomic E-state index is 15.2. The number of thiophene rings is 1. The average molecular weight is 656 g/mol. The van der Waals surface area contributed by atoms with Crippen molar-refractivity contribution in [3.63, 3.8) is 0 Å². The van der Waals surface area contributed by atoms with E-state index in [-0.39, 0.29) is 24.6 Å². The van der Waals surface area contributed by atoms with Crippen molar-refractivity contribution >= 4 is 52.6 Å². The third-order valence-corrected chi connectivity index (χ3v) is 8.71. The summed E-state index contributed by atoms with van der Waals surface area (Å²) in [7, 11) is -4.57. The summed E-state index contributed by atoms with van der Waals surface area (Å²) in [4.78, 5) is 48.6. The van der Waals surface area contributed by atoms with E-state index in [4.69, 9.17) is 14.5 Å². The van der Waals surface area contributed by atoms with Crippen LogP contribution in [0.1, 0.15) is 12.8 Å². The molecule has 2 amide bonds. The number of rotatable bonds is 11. The number of phosphoric ester groups is 1. The summed E-state index contributed by atoms with van der Waals surface area (Å²) in [5.41, 5.74) is 0.533. The van der Waals surface area contributed by atoms with Crippen LogP contribution in [0.4, 0.5) is 20.2 Å². The van der Waals surface area contributed by atoms with Crippen molar-refractivity contribution in [2.75, 3.05) is 17.2 Å². The number of nitrogens with one attached hydrogen (secondary N) is 2. The second-order valence-corrected chi connectivity index (χ2v) is 12.5. The molecule has 1 fully saturated rings. The molecule has 5 aromatic rings. The Bertz CT molecular complexity index is 1960. The predicted octanol–water partition coefficient (Wildman–Crippen LogP) is 5.70. The number of pyridine rings is 1. The third-order valence-electron chi connectivity index (χ3n) is 7.00. The Kier molecular flexibility index (Phi) is 8.20. The van der Waals surface area contributed by atoms with Crippen LogP contribution in [0.5, 0.6) is 11.5 Å². The quantitative estimate of drug-likeness (QED) is 0.103. The number of carbonyl (C=O) groups excluding carboxylic acids is 2. The van der Waals surface area contributed by atoms with E-state index in [1.165, 1.54) is 58.6 Å². The molecule has 0 atom stereocenters. The number of fused-ring (bicyclic) bond motifs is 1. The third kappa shape index (κ3) is 6.92. The molecule has 1 saturated carbocycles.